The number of rotatable bonds is 2. The predicted octanol–water partition coefficient (Wildman–Crippen LogP) is 1.03. The van der Waals surface area contributed by atoms with Crippen LogP contribution in [0.4, 0.5) is 0 Å². The first-order valence-corrected chi connectivity index (χ1v) is 7.68. The van der Waals surface area contributed by atoms with Crippen molar-refractivity contribution in [2.24, 2.45) is 7.05 Å². The topological polar surface area (TPSA) is 81.8 Å². The highest BCUT2D eigenvalue weighted by Crippen LogP contribution is 2.26. The molecule has 2 aromatic heterocycles. The van der Waals surface area contributed by atoms with Gasteiger partial charge in [-0.3, -0.25) is 14.2 Å². The van der Waals surface area contributed by atoms with Gasteiger partial charge in [0.2, 0.25) is 0 Å². The fraction of sp³-hybridized carbons (Fsp3) is 0.0714. The van der Waals surface area contributed by atoms with Crippen LogP contribution in [0.15, 0.2) is 42.9 Å². The van der Waals surface area contributed by atoms with Crippen LogP contribution in [0.1, 0.15) is 0 Å². The van der Waals surface area contributed by atoms with Crippen LogP contribution in [0, 0.1) is 0 Å². The van der Waals surface area contributed by atoms with Crippen molar-refractivity contribution < 1.29 is 9.00 Å². The highest BCUT2D eigenvalue weighted by Gasteiger charge is 2.23. The smallest absolute Gasteiger partial charge is 0.258 e. The molecule has 0 fully saturated rings. The average molecular weight is 313 g/mol. The Kier molecular flexibility index (Phi) is 2.73. The lowest BCUT2D eigenvalue weighted by Gasteiger charge is -2.03. The third kappa shape index (κ3) is 1.96. The minimum atomic E-state index is -1.57. The molecule has 1 aromatic carbocycles. The lowest BCUT2D eigenvalue weighted by atomic mass is 10.1. The fourth-order valence-corrected chi connectivity index (χ4v) is 3.30. The largest absolute Gasteiger partial charge is 0.275 e. The fourth-order valence-electron chi connectivity index (χ4n) is 2.44. The Morgan fingerprint density at radius 2 is 2.05 bits per heavy atom. The van der Waals surface area contributed by atoms with E-state index in [9.17, 15) is 9.00 Å². The van der Waals surface area contributed by atoms with Crippen molar-refractivity contribution in [1.82, 2.24) is 24.3 Å². The van der Waals surface area contributed by atoms with E-state index in [2.05, 4.69) is 14.9 Å². The molecular formula is C14H11N5O2S. The van der Waals surface area contributed by atoms with Gasteiger partial charge in [-0.25, -0.2) is 8.89 Å². The second-order valence-electron chi connectivity index (χ2n) is 4.95. The minimum Gasteiger partial charge on any atom is -0.275 e. The van der Waals surface area contributed by atoms with Crippen LogP contribution in [-0.2, 0) is 22.8 Å². The Bertz CT molecular complexity index is 969. The summed E-state index contributed by atoms with van der Waals surface area (Å²) in [6.45, 7) is 0. The molecule has 1 aliphatic rings. The van der Waals surface area contributed by atoms with Crippen molar-refractivity contribution in [1.29, 1.82) is 0 Å². The van der Waals surface area contributed by atoms with Crippen molar-refractivity contribution in [3.05, 3.63) is 42.9 Å². The number of nitrogens with one attached hydrogen (secondary N) is 1. The summed E-state index contributed by atoms with van der Waals surface area (Å²) in [4.78, 5) is 11.3. The SMILES string of the molecule is Cn1cc(-c2ccc3c(cnn3C3=CC(=O)NS3=O)c2)cn1. The number of nitrogens with zero attached hydrogens (tertiary/aromatic N) is 4. The Balaban J connectivity index is 1.83. The molecule has 3 heterocycles. The first-order valence-electron chi connectivity index (χ1n) is 6.53. The van der Waals surface area contributed by atoms with Crippen LogP contribution >= 0.6 is 0 Å². The molecule has 0 radical (unpaired) electrons. The predicted molar refractivity (Wildman–Crippen MR) is 82.5 cm³/mol. The molecule has 3 aromatic rings. The molecule has 22 heavy (non-hydrogen) atoms. The van der Waals surface area contributed by atoms with Crippen molar-refractivity contribution in [3.63, 3.8) is 0 Å². The summed E-state index contributed by atoms with van der Waals surface area (Å²) in [5, 5.41) is 9.65. The number of carbonyl (C=O) groups excluding carboxylic acids is 1. The molecule has 0 spiro atoms. The van der Waals surface area contributed by atoms with E-state index >= 15 is 0 Å². The number of hydrogen-bond acceptors (Lipinski definition) is 4. The second kappa shape index (κ2) is 4.63. The maximum Gasteiger partial charge on any atom is 0.258 e. The van der Waals surface area contributed by atoms with E-state index in [1.165, 1.54) is 10.8 Å². The zero-order valence-electron chi connectivity index (χ0n) is 11.6. The molecule has 1 amide bonds. The second-order valence-corrected chi connectivity index (χ2v) is 6.11. The van der Waals surface area contributed by atoms with Crippen LogP contribution in [-0.4, -0.2) is 29.7 Å². The molecule has 4 rings (SSSR count). The first kappa shape index (κ1) is 13.0. The summed E-state index contributed by atoms with van der Waals surface area (Å²) in [5.41, 5.74) is 2.83. The van der Waals surface area contributed by atoms with Gasteiger partial charge < -0.3 is 0 Å². The number of carbonyl (C=O) groups is 1. The van der Waals surface area contributed by atoms with Crippen molar-refractivity contribution in [2.75, 3.05) is 0 Å². The Morgan fingerprint density at radius 1 is 1.18 bits per heavy atom. The zero-order chi connectivity index (χ0) is 15.3. The van der Waals surface area contributed by atoms with Gasteiger partial charge in [0.25, 0.3) is 5.91 Å². The van der Waals surface area contributed by atoms with Gasteiger partial charge in [-0.1, -0.05) is 6.07 Å². The lowest BCUT2D eigenvalue weighted by molar-refractivity contribution is -0.114. The van der Waals surface area contributed by atoms with E-state index in [0.29, 0.717) is 5.03 Å². The lowest BCUT2D eigenvalue weighted by Crippen LogP contribution is -2.17. The Hall–Kier alpha value is -2.74. The Morgan fingerprint density at radius 3 is 2.73 bits per heavy atom. The van der Waals surface area contributed by atoms with Crippen molar-refractivity contribution in [2.45, 2.75) is 0 Å². The highest BCUT2D eigenvalue weighted by molar-refractivity contribution is 7.93. The van der Waals surface area contributed by atoms with Crippen LogP contribution < -0.4 is 4.72 Å². The van der Waals surface area contributed by atoms with Gasteiger partial charge in [-0.2, -0.15) is 10.2 Å². The molecular weight excluding hydrogens is 302 g/mol. The standard InChI is InChI=1S/C14H11N5O2S/c1-18-8-11(7-15-18)9-2-3-12-10(4-9)6-16-19(12)14-5-13(20)17-22(14)21/h2-8H,1H3,(H,17,20). The van der Waals surface area contributed by atoms with Gasteiger partial charge in [0, 0.05) is 30.3 Å². The molecule has 1 N–H and O–H groups in total. The van der Waals surface area contributed by atoms with Crippen molar-refractivity contribution in [3.8, 4) is 11.1 Å². The molecule has 1 aliphatic heterocycles. The summed E-state index contributed by atoms with van der Waals surface area (Å²) in [5.74, 6) is -0.371. The zero-order valence-corrected chi connectivity index (χ0v) is 12.4. The molecule has 110 valence electrons. The van der Waals surface area contributed by atoms with Crippen LogP contribution in [0.3, 0.4) is 0 Å². The normalized spacial score (nSPS) is 17.8. The maximum atomic E-state index is 11.9. The van der Waals surface area contributed by atoms with E-state index in [0.717, 1.165) is 22.0 Å². The molecule has 7 nitrogen and oxygen atoms in total. The van der Waals surface area contributed by atoms with Gasteiger partial charge in [0.1, 0.15) is 0 Å². The van der Waals surface area contributed by atoms with Gasteiger partial charge in [0.05, 0.1) is 17.9 Å². The summed E-state index contributed by atoms with van der Waals surface area (Å²) in [6, 6.07) is 5.83. The van der Waals surface area contributed by atoms with Gasteiger partial charge in [-0.15, -0.1) is 0 Å². The van der Waals surface area contributed by atoms with E-state index in [1.807, 2.05) is 31.4 Å². The number of aryl methyl sites for hydroxylation is 1. The Labute approximate surface area is 127 Å². The van der Waals surface area contributed by atoms with Gasteiger partial charge in [-0.05, 0) is 17.7 Å². The van der Waals surface area contributed by atoms with Crippen molar-refractivity contribution >= 4 is 32.8 Å². The van der Waals surface area contributed by atoms with Crippen LogP contribution in [0.25, 0.3) is 27.1 Å². The number of benzene rings is 1. The van der Waals surface area contributed by atoms with Crippen LogP contribution in [0.5, 0.6) is 0 Å². The molecule has 0 aliphatic carbocycles. The summed E-state index contributed by atoms with van der Waals surface area (Å²) in [6.07, 6.45) is 6.72. The number of amides is 1. The monoisotopic (exact) mass is 313 g/mol. The third-order valence-corrected chi connectivity index (χ3v) is 4.51. The number of hydrogen-bond donors (Lipinski definition) is 1. The quantitative estimate of drug-likeness (QED) is 0.766. The van der Waals surface area contributed by atoms with E-state index in [-0.39, 0.29) is 5.91 Å². The summed E-state index contributed by atoms with van der Waals surface area (Å²) in [7, 11) is 0.302. The molecule has 0 saturated carbocycles. The highest BCUT2D eigenvalue weighted by atomic mass is 32.2. The van der Waals surface area contributed by atoms with Gasteiger partial charge in [0.15, 0.2) is 16.0 Å². The molecule has 8 heteroatoms. The molecule has 0 saturated heterocycles. The van der Waals surface area contributed by atoms with Gasteiger partial charge >= 0.3 is 0 Å². The summed E-state index contributed by atoms with van der Waals surface area (Å²) < 4.78 is 17.5. The minimum absolute atomic E-state index is 0.342. The molecule has 0 bridgehead atoms. The number of fused-ring (bicyclic) bond motifs is 1. The van der Waals surface area contributed by atoms with E-state index in [4.69, 9.17) is 0 Å². The molecule has 1 unspecified atom stereocenters. The molecule has 1 atom stereocenters. The van der Waals surface area contributed by atoms with E-state index in [1.54, 1.807) is 17.1 Å². The third-order valence-electron chi connectivity index (χ3n) is 3.45. The first-order chi connectivity index (χ1) is 10.6. The van der Waals surface area contributed by atoms with E-state index < -0.39 is 11.0 Å². The van der Waals surface area contributed by atoms with Crippen LogP contribution in [0.2, 0.25) is 0 Å². The average Bonchev–Trinajstić information content (AvgIpc) is 3.17. The maximum absolute atomic E-state index is 11.9. The summed E-state index contributed by atoms with van der Waals surface area (Å²) >= 11 is 0. The number of aromatic nitrogens is 4.